The van der Waals surface area contributed by atoms with Crippen molar-refractivity contribution in [2.45, 2.75) is 19.3 Å². The lowest BCUT2D eigenvalue weighted by molar-refractivity contribution is 0.129. The molecule has 2 aliphatic rings. The highest BCUT2D eigenvalue weighted by Crippen LogP contribution is 2.29. The summed E-state index contributed by atoms with van der Waals surface area (Å²) in [6.07, 6.45) is 4.08. The molecule has 19 heavy (non-hydrogen) atoms. The summed E-state index contributed by atoms with van der Waals surface area (Å²) in [5.41, 5.74) is 7.97. The van der Waals surface area contributed by atoms with Crippen LogP contribution in [-0.4, -0.2) is 49.1 Å². The van der Waals surface area contributed by atoms with Gasteiger partial charge in [0.15, 0.2) is 0 Å². The first kappa shape index (κ1) is 12.9. The second kappa shape index (κ2) is 5.93. The Morgan fingerprint density at radius 1 is 0.947 bits per heavy atom. The number of anilines is 1. The van der Waals surface area contributed by atoms with Crippen LogP contribution in [0.15, 0.2) is 24.3 Å². The maximum atomic E-state index is 5.71. The molecule has 1 heterocycles. The van der Waals surface area contributed by atoms with Crippen molar-refractivity contribution in [1.29, 1.82) is 0 Å². The molecule has 0 amide bonds. The SMILES string of the molecule is Nc1ccc(CCN2CCN(CC3CC3)CC2)cc1. The molecule has 104 valence electrons. The summed E-state index contributed by atoms with van der Waals surface area (Å²) >= 11 is 0. The molecule has 0 unspecified atom stereocenters. The van der Waals surface area contributed by atoms with Crippen molar-refractivity contribution in [1.82, 2.24) is 9.80 Å². The summed E-state index contributed by atoms with van der Waals surface area (Å²) in [5, 5.41) is 0. The molecule has 0 spiro atoms. The number of rotatable bonds is 5. The standard InChI is InChI=1S/C16H25N3/c17-16-5-3-14(4-6-16)7-8-18-9-11-19(12-10-18)13-15-1-2-15/h3-6,15H,1-2,7-13,17H2. The minimum Gasteiger partial charge on any atom is -0.399 e. The van der Waals surface area contributed by atoms with E-state index in [1.165, 1.54) is 57.7 Å². The van der Waals surface area contributed by atoms with Gasteiger partial charge in [-0.15, -0.1) is 0 Å². The first-order valence-corrected chi connectivity index (χ1v) is 7.59. The normalized spacial score (nSPS) is 21.7. The van der Waals surface area contributed by atoms with Crippen LogP contribution in [-0.2, 0) is 6.42 Å². The smallest absolute Gasteiger partial charge is 0.0314 e. The van der Waals surface area contributed by atoms with E-state index in [0.717, 1.165) is 18.0 Å². The van der Waals surface area contributed by atoms with E-state index in [1.807, 2.05) is 12.1 Å². The first-order valence-electron chi connectivity index (χ1n) is 7.59. The Balaban J connectivity index is 1.38. The molecular weight excluding hydrogens is 234 g/mol. The van der Waals surface area contributed by atoms with E-state index in [0.29, 0.717) is 0 Å². The Kier molecular flexibility index (Phi) is 4.04. The number of hydrogen-bond donors (Lipinski definition) is 1. The zero-order chi connectivity index (χ0) is 13.1. The topological polar surface area (TPSA) is 32.5 Å². The molecule has 3 heteroatoms. The van der Waals surface area contributed by atoms with Crippen LogP contribution in [0, 0.1) is 5.92 Å². The summed E-state index contributed by atoms with van der Waals surface area (Å²) in [6.45, 7) is 7.53. The van der Waals surface area contributed by atoms with Crippen LogP contribution in [0.2, 0.25) is 0 Å². The lowest BCUT2D eigenvalue weighted by atomic mass is 10.1. The van der Waals surface area contributed by atoms with Crippen molar-refractivity contribution in [2.24, 2.45) is 5.92 Å². The van der Waals surface area contributed by atoms with Crippen molar-refractivity contribution in [3.05, 3.63) is 29.8 Å². The number of hydrogen-bond acceptors (Lipinski definition) is 3. The first-order chi connectivity index (χ1) is 9.29. The largest absolute Gasteiger partial charge is 0.399 e. The highest BCUT2D eigenvalue weighted by Gasteiger charge is 2.26. The molecule has 0 bridgehead atoms. The maximum Gasteiger partial charge on any atom is 0.0314 e. The maximum absolute atomic E-state index is 5.71. The zero-order valence-electron chi connectivity index (χ0n) is 11.7. The number of benzene rings is 1. The van der Waals surface area contributed by atoms with Crippen molar-refractivity contribution in [2.75, 3.05) is 45.0 Å². The van der Waals surface area contributed by atoms with E-state index in [2.05, 4.69) is 21.9 Å². The van der Waals surface area contributed by atoms with Crippen LogP contribution in [0.25, 0.3) is 0 Å². The average Bonchev–Trinajstić information content (AvgIpc) is 3.24. The van der Waals surface area contributed by atoms with E-state index in [4.69, 9.17) is 5.73 Å². The number of piperazine rings is 1. The van der Waals surface area contributed by atoms with Gasteiger partial charge in [-0.05, 0) is 42.9 Å². The minimum absolute atomic E-state index is 0.859. The molecule has 1 aromatic carbocycles. The van der Waals surface area contributed by atoms with Gasteiger partial charge in [-0.3, -0.25) is 0 Å². The van der Waals surface area contributed by atoms with Gasteiger partial charge in [0.25, 0.3) is 0 Å². The minimum atomic E-state index is 0.859. The Hall–Kier alpha value is -1.06. The Morgan fingerprint density at radius 3 is 2.21 bits per heavy atom. The third-order valence-electron chi connectivity index (χ3n) is 4.37. The predicted octanol–water partition coefficient (Wildman–Crippen LogP) is 1.84. The molecule has 2 fully saturated rings. The van der Waals surface area contributed by atoms with Crippen molar-refractivity contribution in [3.8, 4) is 0 Å². The fourth-order valence-electron chi connectivity index (χ4n) is 2.83. The molecule has 2 N–H and O–H groups in total. The van der Waals surface area contributed by atoms with Crippen molar-refractivity contribution >= 4 is 5.69 Å². The molecule has 3 nitrogen and oxygen atoms in total. The van der Waals surface area contributed by atoms with Crippen molar-refractivity contribution < 1.29 is 0 Å². The Labute approximate surface area is 116 Å². The molecule has 1 aliphatic carbocycles. The van der Waals surface area contributed by atoms with Crippen LogP contribution in [0.4, 0.5) is 5.69 Å². The van der Waals surface area contributed by atoms with Gasteiger partial charge in [0.1, 0.15) is 0 Å². The second-order valence-corrected chi connectivity index (χ2v) is 6.08. The third-order valence-corrected chi connectivity index (χ3v) is 4.37. The lowest BCUT2D eigenvalue weighted by Gasteiger charge is -2.34. The quantitative estimate of drug-likeness (QED) is 0.819. The van der Waals surface area contributed by atoms with E-state index in [1.54, 1.807) is 0 Å². The summed E-state index contributed by atoms with van der Waals surface area (Å²) < 4.78 is 0. The van der Waals surface area contributed by atoms with Gasteiger partial charge >= 0.3 is 0 Å². The molecule has 3 rings (SSSR count). The third kappa shape index (κ3) is 3.95. The predicted molar refractivity (Wildman–Crippen MR) is 80.2 cm³/mol. The van der Waals surface area contributed by atoms with E-state index < -0.39 is 0 Å². The summed E-state index contributed by atoms with van der Waals surface area (Å²) in [4.78, 5) is 5.25. The zero-order valence-corrected chi connectivity index (χ0v) is 11.7. The van der Waals surface area contributed by atoms with E-state index in [9.17, 15) is 0 Å². The summed E-state index contributed by atoms with van der Waals surface area (Å²) in [7, 11) is 0. The number of nitrogen functional groups attached to an aromatic ring is 1. The molecular formula is C16H25N3. The number of nitrogens with two attached hydrogens (primary N) is 1. The van der Waals surface area contributed by atoms with Gasteiger partial charge in [-0.25, -0.2) is 0 Å². The molecule has 0 radical (unpaired) electrons. The molecule has 1 saturated heterocycles. The van der Waals surface area contributed by atoms with Crippen LogP contribution >= 0.6 is 0 Å². The molecule has 0 atom stereocenters. The van der Waals surface area contributed by atoms with Gasteiger partial charge in [-0.2, -0.15) is 0 Å². The average molecular weight is 259 g/mol. The molecule has 1 aliphatic heterocycles. The Morgan fingerprint density at radius 2 is 1.58 bits per heavy atom. The molecule has 0 aromatic heterocycles. The van der Waals surface area contributed by atoms with Gasteiger partial charge in [-0.1, -0.05) is 12.1 Å². The van der Waals surface area contributed by atoms with Crippen LogP contribution in [0.5, 0.6) is 0 Å². The summed E-state index contributed by atoms with van der Waals surface area (Å²) in [5.74, 6) is 1.03. The Bertz CT molecular complexity index is 389. The fourth-order valence-corrected chi connectivity index (χ4v) is 2.83. The monoisotopic (exact) mass is 259 g/mol. The van der Waals surface area contributed by atoms with Crippen LogP contribution in [0.3, 0.4) is 0 Å². The highest BCUT2D eigenvalue weighted by molar-refractivity contribution is 5.39. The molecule has 1 saturated carbocycles. The van der Waals surface area contributed by atoms with Crippen molar-refractivity contribution in [3.63, 3.8) is 0 Å². The fraction of sp³-hybridized carbons (Fsp3) is 0.625. The van der Waals surface area contributed by atoms with Gasteiger partial charge in [0, 0.05) is 45.0 Å². The van der Waals surface area contributed by atoms with Gasteiger partial charge < -0.3 is 15.5 Å². The van der Waals surface area contributed by atoms with Crippen LogP contribution < -0.4 is 5.73 Å². The van der Waals surface area contributed by atoms with Crippen LogP contribution in [0.1, 0.15) is 18.4 Å². The second-order valence-electron chi connectivity index (χ2n) is 6.08. The van der Waals surface area contributed by atoms with E-state index in [-0.39, 0.29) is 0 Å². The van der Waals surface area contributed by atoms with Gasteiger partial charge in [0.05, 0.1) is 0 Å². The van der Waals surface area contributed by atoms with Gasteiger partial charge in [0.2, 0.25) is 0 Å². The number of nitrogens with zero attached hydrogens (tertiary/aromatic N) is 2. The molecule has 1 aromatic rings. The summed E-state index contributed by atoms with van der Waals surface area (Å²) in [6, 6.07) is 8.31. The highest BCUT2D eigenvalue weighted by atomic mass is 15.3. The van der Waals surface area contributed by atoms with E-state index >= 15 is 0 Å². The lowest BCUT2D eigenvalue weighted by Crippen LogP contribution is -2.47.